The Bertz CT molecular complexity index is 276. The van der Waals surface area contributed by atoms with Crippen LogP contribution in [-0.4, -0.2) is 22.6 Å². The molecule has 0 aliphatic heterocycles. The summed E-state index contributed by atoms with van der Waals surface area (Å²) in [5.41, 5.74) is -0.577. The van der Waals surface area contributed by atoms with E-state index in [4.69, 9.17) is 9.84 Å². The second kappa shape index (κ2) is 6.03. The molecule has 0 aromatic rings. The van der Waals surface area contributed by atoms with E-state index < -0.39 is 29.4 Å². The lowest BCUT2D eigenvalue weighted by Gasteiger charge is -2.25. The first-order chi connectivity index (χ1) is 7.54. The lowest BCUT2D eigenvalue weighted by Crippen LogP contribution is -2.34. The van der Waals surface area contributed by atoms with Crippen LogP contribution in [-0.2, 0) is 14.3 Å². The van der Waals surface area contributed by atoms with Crippen molar-refractivity contribution < 1.29 is 19.4 Å². The van der Waals surface area contributed by atoms with E-state index in [0.29, 0.717) is 6.42 Å². The molecular formula is C13H24O4. The Kier molecular flexibility index (Phi) is 5.66. The van der Waals surface area contributed by atoms with E-state index in [9.17, 15) is 9.59 Å². The summed E-state index contributed by atoms with van der Waals surface area (Å²) < 4.78 is 5.21. The van der Waals surface area contributed by atoms with Crippen LogP contribution >= 0.6 is 0 Å². The van der Waals surface area contributed by atoms with Crippen LogP contribution in [0, 0.1) is 17.8 Å². The number of hydrogen-bond acceptors (Lipinski definition) is 3. The van der Waals surface area contributed by atoms with Gasteiger partial charge in [-0.1, -0.05) is 20.8 Å². The fourth-order valence-electron chi connectivity index (χ4n) is 1.59. The molecule has 100 valence electrons. The monoisotopic (exact) mass is 244 g/mol. The number of rotatable bonds is 5. The zero-order valence-corrected chi connectivity index (χ0v) is 11.6. The average molecular weight is 244 g/mol. The fraction of sp³-hybridized carbons (Fsp3) is 0.846. The number of carbonyl (C=O) groups excluding carboxylic acids is 1. The van der Waals surface area contributed by atoms with Gasteiger partial charge in [-0.3, -0.25) is 9.59 Å². The minimum atomic E-state index is -0.933. The molecule has 0 rings (SSSR count). The zero-order chi connectivity index (χ0) is 13.8. The van der Waals surface area contributed by atoms with Crippen molar-refractivity contribution >= 4 is 11.9 Å². The smallest absolute Gasteiger partial charge is 0.310 e. The van der Waals surface area contributed by atoms with Crippen LogP contribution in [0.3, 0.4) is 0 Å². The second-order valence-electron chi connectivity index (χ2n) is 5.90. The van der Waals surface area contributed by atoms with Crippen LogP contribution in [0.25, 0.3) is 0 Å². The highest BCUT2D eigenvalue weighted by Crippen LogP contribution is 2.23. The Hall–Kier alpha value is -1.06. The molecule has 0 aromatic carbocycles. The van der Waals surface area contributed by atoms with Gasteiger partial charge in [-0.25, -0.2) is 0 Å². The van der Waals surface area contributed by atoms with Crippen molar-refractivity contribution in [2.45, 2.75) is 53.6 Å². The van der Waals surface area contributed by atoms with Gasteiger partial charge in [0.15, 0.2) is 0 Å². The van der Waals surface area contributed by atoms with Gasteiger partial charge in [0, 0.05) is 0 Å². The Balaban J connectivity index is 4.67. The van der Waals surface area contributed by atoms with Crippen LogP contribution in [0.15, 0.2) is 0 Å². The summed E-state index contributed by atoms with van der Waals surface area (Å²) in [6.07, 6.45) is 0.482. The van der Waals surface area contributed by atoms with Crippen molar-refractivity contribution in [2.75, 3.05) is 0 Å². The van der Waals surface area contributed by atoms with E-state index >= 15 is 0 Å². The fourth-order valence-corrected chi connectivity index (χ4v) is 1.59. The van der Waals surface area contributed by atoms with Gasteiger partial charge in [0.25, 0.3) is 0 Å². The van der Waals surface area contributed by atoms with Crippen molar-refractivity contribution in [3.05, 3.63) is 0 Å². The summed E-state index contributed by atoms with van der Waals surface area (Å²) in [6.45, 7) is 10.8. The predicted octanol–water partition coefficient (Wildman–Crippen LogP) is 2.71. The summed E-state index contributed by atoms with van der Waals surface area (Å²) in [4.78, 5) is 22.9. The largest absolute Gasteiger partial charge is 0.481 e. The van der Waals surface area contributed by atoms with E-state index in [-0.39, 0.29) is 5.92 Å². The summed E-state index contributed by atoms with van der Waals surface area (Å²) in [5.74, 6) is -2.43. The predicted molar refractivity (Wildman–Crippen MR) is 65.6 cm³/mol. The van der Waals surface area contributed by atoms with Gasteiger partial charge in [0.2, 0.25) is 0 Å². The molecule has 0 amide bonds. The molecule has 0 saturated heterocycles. The van der Waals surface area contributed by atoms with Crippen molar-refractivity contribution in [1.29, 1.82) is 0 Å². The molecule has 0 radical (unpaired) electrons. The van der Waals surface area contributed by atoms with Gasteiger partial charge >= 0.3 is 11.9 Å². The van der Waals surface area contributed by atoms with Gasteiger partial charge < -0.3 is 9.84 Å². The molecule has 0 aliphatic carbocycles. The number of carbonyl (C=O) groups is 2. The quantitative estimate of drug-likeness (QED) is 0.755. The number of carboxylic acids is 1. The average Bonchev–Trinajstić information content (AvgIpc) is 2.09. The van der Waals surface area contributed by atoms with E-state index in [1.165, 1.54) is 0 Å². The molecule has 4 nitrogen and oxygen atoms in total. The first-order valence-corrected chi connectivity index (χ1v) is 6.00. The van der Waals surface area contributed by atoms with Crippen LogP contribution < -0.4 is 0 Å². The molecule has 0 saturated carbocycles. The zero-order valence-electron chi connectivity index (χ0n) is 11.6. The van der Waals surface area contributed by atoms with Gasteiger partial charge in [0.05, 0.1) is 11.8 Å². The number of carboxylic acid groups (broad SMARTS) is 1. The normalized spacial score (nSPS) is 15.5. The molecule has 0 fully saturated rings. The van der Waals surface area contributed by atoms with Gasteiger partial charge in [-0.15, -0.1) is 0 Å². The molecular weight excluding hydrogens is 220 g/mol. The minimum Gasteiger partial charge on any atom is -0.481 e. The molecule has 0 aromatic heterocycles. The third-order valence-electron chi connectivity index (χ3n) is 2.42. The lowest BCUT2D eigenvalue weighted by molar-refractivity contribution is -0.166. The Morgan fingerprint density at radius 1 is 1.18 bits per heavy atom. The number of aliphatic carboxylic acids is 1. The first kappa shape index (κ1) is 15.9. The molecule has 0 bridgehead atoms. The van der Waals surface area contributed by atoms with Crippen molar-refractivity contribution in [3.63, 3.8) is 0 Å². The van der Waals surface area contributed by atoms with E-state index in [0.717, 1.165) is 0 Å². The Morgan fingerprint density at radius 2 is 1.65 bits per heavy atom. The van der Waals surface area contributed by atoms with Gasteiger partial charge in [0.1, 0.15) is 5.60 Å². The Labute approximate surface area is 103 Å². The third-order valence-corrected chi connectivity index (χ3v) is 2.42. The Morgan fingerprint density at radius 3 is 1.94 bits per heavy atom. The molecule has 0 heterocycles. The number of esters is 1. The molecule has 1 unspecified atom stereocenters. The molecule has 17 heavy (non-hydrogen) atoms. The van der Waals surface area contributed by atoms with Crippen molar-refractivity contribution in [1.82, 2.24) is 0 Å². The summed E-state index contributed by atoms with van der Waals surface area (Å²) >= 11 is 0. The standard InChI is InChI=1S/C13H24O4/c1-8(2)7-10(11(14)15)9(3)12(16)17-13(4,5)6/h8-10H,7H2,1-6H3,(H,14,15)/t9-,10?/m1/s1. The molecule has 4 heteroatoms. The summed E-state index contributed by atoms with van der Waals surface area (Å²) in [6, 6.07) is 0. The van der Waals surface area contributed by atoms with Crippen molar-refractivity contribution in [2.24, 2.45) is 17.8 Å². The van der Waals surface area contributed by atoms with Gasteiger partial charge in [-0.05, 0) is 33.1 Å². The maximum atomic E-state index is 11.8. The lowest BCUT2D eigenvalue weighted by atomic mass is 9.86. The number of ether oxygens (including phenoxy) is 1. The topological polar surface area (TPSA) is 63.6 Å². The van der Waals surface area contributed by atoms with Crippen LogP contribution in [0.1, 0.15) is 48.0 Å². The summed E-state index contributed by atoms with van der Waals surface area (Å²) in [5, 5.41) is 9.13. The summed E-state index contributed by atoms with van der Waals surface area (Å²) in [7, 11) is 0. The van der Waals surface area contributed by atoms with E-state index in [2.05, 4.69) is 0 Å². The maximum absolute atomic E-state index is 11.8. The van der Waals surface area contributed by atoms with Crippen LogP contribution in [0.5, 0.6) is 0 Å². The third kappa shape index (κ3) is 6.29. The maximum Gasteiger partial charge on any atom is 0.310 e. The first-order valence-electron chi connectivity index (χ1n) is 6.00. The van der Waals surface area contributed by atoms with Crippen LogP contribution in [0.4, 0.5) is 0 Å². The minimum absolute atomic E-state index is 0.237. The highest BCUT2D eigenvalue weighted by Gasteiger charge is 2.33. The molecule has 1 N–H and O–H groups in total. The number of hydrogen-bond donors (Lipinski definition) is 1. The highest BCUT2D eigenvalue weighted by molar-refractivity contribution is 5.81. The van der Waals surface area contributed by atoms with E-state index in [1.54, 1.807) is 27.7 Å². The highest BCUT2D eigenvalue weighted by atomic mass is 16.6. The van der Waals surface area contributed by atoms with Gasteiger partial charge in [-0.2, -0.15) is 0 Å². The SMILES string of the molecule is CC(C)CC(C(=O)O)[C@@H](C)C(=O)OC(C)(C)C. The second-order valence-corrected chi connectivity index (χ2v) is 5.90. The molecule has 0 spiro atoms. The van der Waals surface area contributed by atoms with Crippen molar-refractivity contribution in [3.8, 4) is 0 Å². The molecule has 2 atom stereocenters. The van der Waals surface area contributed by atoms with E-state index in [1.807, 2.05) is 13.8 Å². The van der Waals surface area contributed by atoms with Crippen LogP contribution in [0.2, 0.25) is 0 Å². The molecule has 0 aliphatic rings.